The van der Waals surface area contributed by atoms with Gasteiger partial charge in [0.2, 0.25) is 0 Å². The summed E-state index contributed by atoms with van der Waals surface area (Å²) >= 11 is 0. The van der Waals surface area contributed by atoms with E-state index < -0.39 is 12.0 Å². The van der Waals surface area contributed by atoms with Gasteiger partial charge in [-0.1, -0.05) is 12.1 Å². The van der Waals surface area contributed by atoms with Crippen LogP contribution in [0.4, 0.5) is 0 Å². The number of H-pyrrole nitrogens is 1. The number of phenols is 1. The first-order chi connectivity index (χ1) is 9.15. The van der Waals surface area contributed by atoms with Crippen LogP contribution in [0.15, 0.2) is 24.3 Å². The van der Waals surface area contributed by atoms with E-state index >= 15 is 0 Å². The summed E-state index contributed by atoms with van der Waals surface area (Å²) in [7, 11) is 0. The molecule has 2 heterocycles. The molecule has 1 atom stereocenters. The van der Waals surface area contributed by atoms with Crippen LogP contribution in [-0.2, 0) is 11.2 Å². The standard InChI is InChI=1S/C13H13N3O3/c17-8-3-1-2-7(6-8)12-15-9-4-5-14-11(13(18)19)10(9)16-12/h1-3,6,11,14,17H,4-5H2,(H,15,16)(H,18,19). The van der Waals surface area contributed by atoms with Crippen LogP contribution < -0.4 is 5.32 Å². The molecule has 98 valence electrons. The number of hydrogen-bond donors (Lipinski definition) is 4. The van der Waals surface area contributed by atoms with Crippen molar-refractivity contribution in [2.45, 2.75) is 12.5 Å². The minimum atomic E-state index is -0.935. The molecule has 0 saturated carbocycles. The van der Waals surface area contributed by atoms with Crippen molar-refractivity contribution in [3.8, 4) is 17.1 Å². The maximum atomic E-state index is 11.2. The van der Waals surface area contributed by atoms with E-state index in [-0.39, 0.29) is 5.75 Å². The molecule has 1 unspecified atom stereocenters. The van der Waals surface area contributed by atoms with Crippen molar-refractivity contribution in [2.75, 3.05) is 6.54 Å². The van der Waals surface area contributed by atoms with Gasteiger partial charge in [0.05, 0.1) is 5.69 Å². The van der Waals surface area contributed by atoms with E-state index in [2.05, 4.69) is 15.3 Å². The highest BCUT2D eigenvalue weighted by Crippen LogP contribution is 2.27. The minimum Gasteiger partial charge on any atom is -0.508 e. The molecule has 1 aliphatic rings. The van der Waals surface area contributed by atoms with Crippen molar-refractivity contribution in [1.29, 1.82) is 0 Å². The van der Waals surface area contributed by atoms with E-state index in [0.29, 0.717) is 24.5 Å². The Bertz CT molecular complexity index is 636. The molecule has 6 nitrogen and oxygen atoms in total. The summed E-state index contributed by atoms with van der Waals surface area (Å²) in [6.45, 7) is 0.603. The van der Waals surface area contributed by atoms with Crippen LogP contribution in [0.3, 0.4) is 0 Å². The van der Waals surface area contributed by atoms with Gasteiger partial charge in [-0.15, -0.1) is 0 Å². The summed E-state index contributed by atoms with van der Waals surface area (Å²) in [6.07, 6.45) is 0.713. The van der Waals surface area contributed by atoms with Crippen molar-refractivity contribution < 1.29 is 15.0 Å². The number of nitrogens with zero attached hydrogens (tertiary/aromatic N) is 1. The zero-order valence-corrected chi connectivity index (χ0v) is 10.1. The summed E-state index contributed by atoms with van der Waals surface area (Å²) in [5, 5.41) is 21.5. The van der Waals surface area contributed by atoms with Gasteiger partial charge >= 0.3 is 5.97 Å². The van der Waals surface area contributed by atoms with Crippen molar-refractivity contribution in [3.05, 3.63) is 35.7 Å². The van der Waals surface area contributed by atoms with Crippen LogP contribution in [-0.4, -0.2) is 32.7 Å². The van der Waals surface area contributed by atoms with Crippen molar-refractivity contribution in [3.63, 3.8) is 0 Å². The van der Waals surface area contributed by atoms with Crippen LogP contribution in [0.25, 0.3) is 11.4 Å². The molecular formula is C13H13N3O3. The zero-order valence-electron chi connectivity index (χ0n) is 10.1. The predicted molar refractivity (Wildman–Crippen MR) is 67.8 cm³/mol. The van der Waals surface area contributed by atoms with E-state index in [1.54, 1.807) is 18.2 Å². The average molecular weight is 259 g/mol. The Balaban J connectivity index is 2.04. The highest BCUT2D eigenvalue weighted by atomic mass is 16.4. The Morgan fingerprint density at radius 1 is 1.42 bits per heavy atom. The second-order valence-electron chi connectivity index (χ2n) is 4.47. The highest BCUT2D eigenvalue weighted by molar-refractivity contribution is 5.76. The second kappa shape index (κ2) is 4.40. The van der Waals surface area contributed by atoms with Gasteiger partial charge in [0.25, 0.3) is 0 Å². The largest absolute Gasteiger partial charge is 0.508 e. The lowest BCUT2D eigenvalue weighted by atomic mass is 10.1. The molecule has 1 aromatic carbocycles. The number of carboxylic acids is 1. The Kier molecular flexibility index (Phi) is 2.72. The SMILES string of the molecule is O=C(O)C1NCCc2[nH]c(-c3cccc(O)c3)nc21. The van der Waals surface area contributed by atoms with Crippen LogP contribution in [0.2, 0.25) is 0 Å². The topological polar surface area (TPSA) is 98.2 Å². The van der Waals surface area contributed by atoms with Gasteiger partial charge in [0.15, 0.2) is 6.04 Å². The number of aromatic hydroxyl groups is 1. The fourth-order valence-electron chi connectivity index (χ4n) is 2.28. The van der Waals surface area contributed by atoms with E-state index in [1.165, 1.54) is 0 Å². The fourth-order valence-corrected chi connectivity index (χ4v) is 2.28. The lowest BCUT2D eigenvalue weighted by Gasteiger charge is -2.18. The van der Waals surface area contributed by atoms with Crippen LogP contribution >= 0.6 is 0 Å². The van der Waals surface area contributed by atoms with Crippen molar-refractivity contribution in [1.82, 2.24) is 15.3 Å². The zero-order chi connectivity index (χ0) is 13.4. The molecule has 0 amide bonds. The van der Waals surface area contributed by atoms with E-state index in [0.717, 1.165) is 11.3 Å². The van der Waals surface area contributed by atoms with Crippen molar-refractivity contribution in [2.24, 2.45) is 0 Å². The number of phenolic OH excluding ortho intramolecular Hbond substituents is 1. The van der Waals surface area contributed by atoms with Crippen molar-refractivity contribution >= 4 is 5.97 Å². The van der Waals surface area contributed by atoms with Crippen LogP contribution in [0.5, 0.6) is 5.75 Å². The summed E-state index contributed by atoms with van der Waals surface area (Å²) in [5.74, 6) is -0.203. The Hall–Kier alpha value is -2.34. The first-order valence-electron chi connectivity index (χ1n) is 5.99. The number of aromatic amines is 1. The minimum absolute atomic E-state index is 0.153. The third-order valence-corrected chi connectivity index (χ3v) is 3.17. The maximum Gasteiger partial charge on any atom is 0.327 e. The van der Waals surface area contributed by atoms with E-state index in [4.69, 9.17) is 5.11 Å². The number of aliphatic carboxylic acids is 1. The first-order valence-corrected chi connectivity index (χ1v) is 5.99. The molecule has 0 radical (unpaired) electrons. The number of rotatable bonds is 2. The number of imidazole rings is 1. The molecule has 0 aliphatic carbocycles. The Morgan fingerprint density at radius 2 is 2.26 bits per heavy atom. The molecular weight excluding hydrogens is 246 g/mol. The van der Waals surface area contributed by atoms with Crippen LogP contribution in [0, 0.1) is 0 Å². The Morgan fingerprint density at radius 3 is 3.00 bits per heavy atom. The maximum absolute atomic E-state index is 11.2. The molecule has 6 heteroatoms. The number of aromatic nitrogens is 2. The molecule has 0 saturated heterocycles. The van der Waals surface area contributed by atoms with Gasteiger partial charge < -0.3 is 15.2 Å². The first kappa shape index (κ1) is 11.7. The van der Waals surface area contributed by atoms with E-state index in [1.807, 2.05) is 6.07 Å². The number of nitrogens with one attached hydrogen (secondary N) is 2. The number of hydrogen-bond acceptors (Lipinski definition) is 4. The van der Waals surface area contributed by atoms with Gasteiger partial charge in [0.1, 0.15) is 11.6 Å². The average Bonchev–Trinajstić information content (AvgIpc) is 2.82. The quantitative estimate of drug-likeness (QED) is 0.646. The monoisotopic (exact) mass is 259 g/mol. The molecule has 1 aromatic heterocycles. The lowest BCUT2D eigenvalue weighted by molar-refractivity contribution is -0.139. The molecule has 0 bridgehead atoms. The fraction of sp³-hybridized carbons (Fsp3) is 0.231. The number of carbonyl (C=O) groups is 1. The number of carboxylic acid groups (broad SMARTS) is 1. The molecule has 0 fully saturated rings. The van der Waals surface area contributed by atoms with E-state index in [9.17, 15) is 9.90 Å². The summed E-state index contributed by atoms with van der Waals surface area (Å²) in [6, 6.07) is 5.93. The van der Waals surface area contributed by atoms with Gasteiger partial charge in [-0.2, -0.15) is 0 Å². The summed E-state index contributed by atoms with van der Waals surface area (Å²) in [4.78, 5) is 18.7. The molecule has 19 heavy (non-hydrogen) atoms. The normalized spacial score (nSPS) is 18.0. The van der Waals surface area contributed by atoms with Gasteiger partial charge in [0, 0.05) is 24.2 Å². The number of fused-ring (bicyclic) bond motifs is 1. The molecule has 4 N–H and O–H groups in total. The van der Waals surface area contributed by atoms with Gasteiger partial charge in [-0.3, -0.25) is 10.1 Å². The third-order valence-electron chi connectivity index (χ3n) is 3.17. The summed E-state index contributed by atoms with van der Waals surface area (Å²) < 4.78 is 0. The molecule has 1 aliphatic heterocycles. The Labute approximate surface area is 109 Å². The third kappa shape index (κ3) is 2.06. The lowest BCUT2D eigenvalue weighted by Crippen LogP contribution is -2.35. The summed E-state index contributed by atoms with van der Waals surface area (Å²) in [5.41, 5.74) is 2.10. The number of benzene rings is 1. The smallest absolute Gasteiger partial charge is 0.327 e. The van der Waals surface area contributed by atoms with Gasteiger partial charge in [-0.25, -0.2) is 4.98 Å². The van der Waals surface area contributed by atoms with Crippen LogP contribution in [0.1, 0.15) is 17.4 Å². The molecule has 2 aromatic rings. The molecule has 0 spiro atoms. The highest BCUT2D eigenvalue weighted by Gasteiger charge is 2.29. The van der Waals surface area contributed by atoms with Gasteiger partial charge in [-0.05, 0) is 12.1 Å². The second-order valence-corrected chi connectivity index (χ2v) is 4.47. The molecule has 3 rings (SSSR count). The predicted octanol–water partition coefficient (Wildman–Crippen LogP) is 1.05.